The summed E-state index contributed by atoms with van der Waals surface area (Å²) >= 11 is 0. The van der Waals surface area contributed by atoms with Crippen LogP contribution in [0.5, 0.6) is 0 Å². The Hall–Kier alpha value is -0.0800. The average molecular weight is 116 g/mol. The Labute approximate surface area is 49.8 Å². The van der Waals surface area contributed by atoms with Crippen LogP contribution >= 0.6 is 0 Å². The number of methoxy groups -OCH3 is 1. The van der Waals surface area contributed by atoms with Crippen LogP contribution in [-0.4, -0.2) is 20.0 Å². The van der Waals surface area contributed by atoms with Crippen LogP contribution in [0.1, 0.15) is 19.3 Å². The lowest BCUT2D eigenvalue weighted by molar-refractivity contribution is -0.0966. The van der Waals surface area contributed by atoms with Gasteiger partial charge in [0, 0.05) is 7.11 Å². The van der Waals surface area contributed by atoms with Gasteiger partial charge in [0.1, 0.15) is 6.79 Å². The number of rotatable bonds is 3. The maximum atomic E-state index is 5.20. The van der Waals surface area contributed by atoms with Gasteiger partial charge in [-0.05, 0) is 19.3 Å². The van der Waals surface area contributed by atoms with Gasteiger partial charge in [0.25, 0.3) is 0 Å². The zero-order valence-electron chi connectivity index (χ0n) is 5.22. The van der Waals surface area contributed by atoms with Crippen molar-refractivity contribution in [1.29, 1.82) is 0 Å². The van der Waals surface area contributed by atoms with Gasteiger partial charge in [0.05, 0.1) is 6.10 Å². The minimum absolute atomic E-state index is 0.463. The number of hydrogen-bond donors (Lipinski definition) is 0. The van der Waals surface area contributed by atoms with E-state index in [-0.39, 0.29) is 0 Å². The Balaban J connectivity index is 1.86. The zero-order valence-corrected chi connectivity index (χ0v) is 5.22. The smallest absolute Gasteiger partial charge is 0.146 e. The van der Waals surface area contributed by atoms with Crippen molar-refractivity contribution in [2.75, 3.05) is 13.9 Å². The summed E-state index contributed by atoms with van der Waals surface area (Å²) in [7, 11) is 1.65. The molecule has 48 valence electrons. The molecule has 0 bridgehead atoms. The standard InChI is InChI=1S/C6H12O2/c1-7-5-8-6-3-2-4-6/h6H,2-5H2,1H3. The topological polar surface area (TPSA) is 18.5 Å². The fourth-order valence-electron chi connectivity index (χ4n) is 0.702. The molecule has 0 amide bonds. The molecule has 0 aromatic carbocycles. The number of hydrogen-bond acceptors (Lipinski definition) is 2. The summed E-state index contributed by atoms with van der Waals surface area (Å²) in [5, 5.41) is 0. The molecular formula is C6H12O2. The molecule has 2 nitrogen and oxygen atoms in total. The van der Waals surface area contributed by atoms with Crippen LogP contribution in [0.25, 0.3) is 0 Å². The number of ether oxygens (including phenoxy) is 2. The zero-order chi connectivity index (χ0) is 5.82. The quantitative estimate of drug-likeness (QED) is 0.515. The second-order valence-electron chi connectivity index (χ2n) is 2.13. The van der Waals surface area contributed by atoms with Gasteiger partial charge in [-0.25, -0.2) is 0 Å². The summed E-state index contributed by atoms with van der Waals surface area (Å²) in [6, 6.07) is 0. The Morgan fingerprint density at radius 1 is 1.50 bits per heavy atom. The van der Waals surface area contributed by atoms with E-state index in [1.54, 1.807) is 7.11 Å². The fourth-order valence-corrected chi connectivity index (χ4v) is 0.702. The van der Waals surface area contributed by atoms with Gasteiger partial charge >= 0.3 is 0 Å². The van der Waals surface area contributed by atoms with Crippen LogP contribution in [0.15, 0.2) is 0 Å². The first kappa shape index (κ1) is 6.05. The summed E-state index contributed by atoms with van der Waals surface area (Å²) < 4.78 is 9.93. The van der Waals surface area contributed by atoms with E-state index in [9.17, 15) is 0 Å². The lowest BCUT2D eigenvalue weighted by atomic mass is 9.96. The monoisotopic (exact) mass is 116 g/mol. The van der Waals surface area contributed by atoms with Crippen LogP contribution in [-0.2, 0) is 9.47 Å². The summed E-state index contributed by atoms with van der Waals surface area (Å²) in [5.41, 5.74) is 0. The lowest BCUT2D eigenvalue weighted by Crippen LogP contribution is -2.22. The highest BCUT2D eigenvalue weighted by Gasteiger charge is 2.16. The lowest BCUT2D eigenvalue weighted by Gasteiger charge is -2.24. The van der Waals surface area contributed by atoms with Gasteiger partial charge in [-0.15, -0.1) is 0 Å². The van der Waals surface area contributed by atoms with Crippen LogP contribution < -0.4 is 0 Å². The van der Waals surface area contributed by atoms with E-state index < -0.39 is 0 Å². The minimum atomic E-state index is 0.463. The molecule has 1 saturated carbocycles. The van der Waals surface area contributed by atoms with Gasteiger partial charge in [0.2, 0.25) is 0 Å². The van der Waals surface area contributed by atoms with Crippen molar-refractivity contribution in [1.82, 2.24) is 0 Å². The van der Waals surface area contributed by atoms with Crippen LogP contribution in [0, 0.1) is 0 Å². The molecule has 0 radical (unpaired) electrons. The third-order valence-electron chi connectivity index (χ3n) is 1.47. The van der Waals surface area contributed by atoms with E-state index in [1.165, 1.54) is 19.3 Å². The van der Waals surface area contributed by atoms with Crippen molar-refractivity contribution in [3.8, 4) is 0 Å². The van der Waals surface area contributed by atoms with Crippen LogP contribution in [0.4, 0.5) is 0 Å². The molecule has 2 heteroatoms. The van der Waals surface area contributed by atoms with Crippen LogP contribution in [0.2, 0.25) is 0 Å². The molecule has 0 aromatic rings. The van der Waals surface area contributed by atoms with Crippen molar-refractivity contribution in [3.63, 3.8) is 0 Å². The summed E-state index contributed by atoms with van der Waals surface area (Å²) in [4.78, 5) is 0. The summed E-state index contributed by atoms with van der Waals surface area (Å²) in [5.74, 6) is 0. The summed E-state index contributed by atoms with van der Waals surface area (Å²) in [6.07, 6.45) is 4.29. The van der Waals surface area contributed by atoms with Crippen molar-refractivity contribution in [2.24, 2.45) is 0 Å². The third kappa shape index (κ3) is 1.46. The molecule has 1 fully saturated rings. The molecule has 0 atom stereocenters. The second-order valence-corrected chi connectivity index (χ2v) is 2.13. The maximum absolute atomic E-state index is 5.20. The highest BCUT2D eigenvalue weighted by Crippen LogP contribution is 2.21. The van der Waals surface area contributed by atoms with E-state index >= 15 is 0 Å². The SMILES string of the molecule is COCOC1CCC1. The van der Waals surface area contributed by atoms with Gasteiger partial charge in [-0.2, -0.15) is 0 Å². The first-order chi connectivity index (χ1) is 3.93. The van der Waals surface area contributed by atoms with E-state index in [1.807, 2.05) is 0 Å². The van der Waals surface area contributed by atoms with Crippen molar-refractivity contribution >= 4 is 0 Å². The van der Waals surface area contributed by atoms with Gasteiger partial charge in [-0.1, -0.05) is 0 Å². The molecule has 0 unspecified atom stereocenters. The van der Waals surface area contributed by atoms with Gasteiger partial charge in [-0.3, -0.25) is 0 Å². The Morgan fingerprint density at radius 2 is 2.25 bits per heavy atom. The Bertz CT molecular complexity index is 59.5. The summed E-state index contributed by atoms with van der Waals surface area (Å²) in [6.45, 7) is 0.463. The molecule has 0 saturated heterocycles. The molecule has 0 spiro atoms. The molecule has 1 aliphatic carbocycles. The van der Waals surface area contributed by atoms with Crippen LogP contribution in [0.3, 0.4) is 0 Å². The largest absolute Gasteiger partial charge is 0.359 e. The first-order valence-corrected chi connectivity index (χ1v) is 3.04. The highest BCUT2D eigenvalue weighted by atomic mass is 16.7. The van der Waals surface area contributed by atoms with Crippen molar-refractivity contribution in [2.45, 2.75) is 25.4 Å². The molecule has 0 aromatic heterocycles. The van der Waals surface area contributed by atoms with Gasteiger partial charge in [0.15, 0.2) is 0 Å². The molecular weight excluding hydrogens is 104 g/mol. The Kier molecular flexibility index (Phi) is 2.30. The van der Waals surface area contributed by atoms with Crippen molar-refractivity contribution in [3.05, 3.63) is 0 Å². The molecule has 0 N–H and O–H groups in total. The normalized spacial score (nSPS) is 20.6. The average Bonchev–Trinajstić information content (AvgIpc) is 1.63. The fraction of sp³-hybridized carbons (Fsp3) is 1.00. The van der Waals surface area contributed by atoms with E-state index in [0.717, 1.165) is 0 Å². The minimum Gasteiger partial charge on any atom is -0.359 e. The molecule has 1 rings (SSSR count). The predicted octanol–water partition coefficient (Wildman–Crippen LogP) is 1.16. The molecule has 8 heavy (non-hydrogen) atoms. The molecule has 0 aliphatic heterocycles. The predicted molar refractivity (Wildman–Crippen MR) is 30.6 cm³/mol. The Morgan fingerprint density at radius 3 is 2.62 bits per heavy atom. The second kappa shape index (κ2) is 3.05. The van der Waals surface area contributed by atoms with E-state index in [2.05, 4.69) is 0 Å². The highest BCUT2D eigenvalue weighted by molar-refractivity contribution is 4.67. The maximum Gasteiger partial charge on any atom is 0.146 e. The molecule has 1 aliphatic rings. The third-order valence-corrected chi connectivity index (χ3v) is 1.47. The molecule has 0 heterocycles. The van der Waals surface area contributed by atoms with Gasteiger partial charge < -0.3 is 9.47 Å². The van der Waals surface area contributed by atoms with Crippen molar-refractivity contribution < 1.29 is 9.47 Å². The first-order valence-electron chi connectivity index (χ1n) is 3.04. The van der Waals surface area contributed by atoms with E-state index in [4.69, 9.17) is 9.47 Å². The van der Waals surface area contributed by atoms with E-state index in [0.29, 0.717) is 12.9 Å².